The van der Waals surface area contributed by atoms with Crippen LogP contribution in [0.15, 0.2) is 30.3 Å². The van der Waals surface area contributed by atoms with Crippen LogP contribution >= 0.6 is 0 Å². The van der Waals surface area contributed by atoms with Crippen molar-refractivity contribution < 1.29 is 19.2 Å². The Morgan fingerprint density at radius 2 is 1.88 bits per heavy atom. The van der Waals surface area contributed by atoms with Crippen LogP contribution in [0.1, 0.15) is 37.0 Å². The molecule has 1 aromatic rings. The fraction of sp³-hybridized carbons (Fsp3) is 0.474. The van der Waals surface area contributed by atoms with Crippen LogP contribution in [0.4, 0.5) is 4.79 Å². The summed E-state index contributed by atoms with van der Waals surface area (Å²) in [5.74, 6) is -0.949. The second-order valence-corrected chi connectivity index (χ2v) is 7.36. The average molecular weight is 357 g/mol. The van der Waals surface area contributed by atoms with Crippen molar-refractivity contribution in [2.45, 2.75) is 32.2 Å². The summed E-state index contributed by atoms with van der Waals surface area (Å²) < 4.78 is 0. The molecule has 2 aliphatic rings. The number of nitrogens with one attached hydrogen (secondary N) is 1. The summed E-state index contributed by atoms with van der Waals surface area (Å²) in [7, 11) is 0. The van der Waals surface area contributed by atoms with E-state index in [1.807, 2.05) is 18.2 Å². The number of likely N-dealkylation sites (tertiary alicyclic amines) is 1. The molecule has 1 atom stereocenters. The average Bonchev–Trinajstić information content (AvgIpc) is 2.83. The minimum atomic E-state index is -0.995. The Labute approximate surface area is 152 Å². The number of hydrogen-bond acceptors (Lipinski definition) is 4. The van der Waals surface area contributed by atoms with Crippen molar-refractivity contribution in [3.05, 3.63) is 35.9 Å². The smallest absolute Gasteiger partial charge is 0.325 e. The van der Waals surface area contributed by atoms with E-state index in [1.165, 1.54) is 0 Å². The van der Waals surface area contributed by atoms with E-state index >= 15 is 0 Å². The highest BCUT2D eigenvalue weighted by Crippen LogP contribution is 2.22. The van der Waals surface area contributed by atoms with Crippen LogP contribution in [0.25, 0.3) is 0 Å². The predicted octanol–water partition coefficient (Wildman–Crippen LogP) is 1.44. The lowest BCUT2D eigenvalue weighted by atomic mass is 9.90. The molecule has 138 valence electrons. The zero-order valence-electron chi connectivity index (χ0n) is 15.0. The minimum Gasteiger partial charge on any atom is -0.340 e. The first-order valence-electron chi connectivity index (χ1n) is 8.81. The molecule has 4 amide bonds. The van der Waals surface area contributed by atoms with Gasteiger partial charge in [-0.25, -0.2) is 4.79 Å². The van der Waals surface area contributed by atoms with E-state index in [4.69, 9.17) is 0 Å². The second-order valence-electron chi connectivity index (χ2n) is 7.36. The standard InChI is InChI=1S/C19H23N3O4/c1-19(2)17(25)22(18(26)20-19)12-15(23)21-10-6-9-14(11-21)16(24)13-7-4-3-5-8-13/h3-5,7-8,14H,6,9-12H2,1-2H3,(H,20,26)/t14-/m1/s1. The highest BCUT2D eigenvalue weighted by atomic mass is 16.2. The Balaban J connectivity index is 1.64. The quantitative estimate of drug-likeness (QED) is 0.652. The molecular weight excluding hydrogens is 334 g/mol. The Morgan fingerprint density at radius 1 is 1.19 bits per heavy atom. The number of piperidine rings is 1. The zero-order chi connectivity index (χ0) is 18.9. The van der Waals surface area contributed by atoms with E-state index in [9.17, 15) is 19.2 Å². The molecule has 2 saturated heterocycles. The molecule has 1 aromatic carbocycles. The van der Waals surface area contributed by atoms with E-state index in [0.717, 1.165) is 17.7 Å². The Morgan fingerprint density at radius 3 is 2.50 bits per heavy atom. The van der Waals surface area contributed by atoms with Crippen molar-refractivity contribution in [2.24, 2.45) is 5.92 Å². The number of urea groups is 1. The molecule has 26 heavy (non-hydrogen) atoms. The van der Waals surface area contributed by atoms with E-state index in [-0.39, 0.29) is 24.2 Å². The fourth-order valence-corrected chi connectivity index (χ4v) is 3.45. The van der Waals surface area contributed by atoms with E-state index in [0.29, 0.717) is 18.7 Å². The summed E-state index contributed by atoms with van der Waals surface area (Å²) in [6.45, 7) is 3.77. The van der Waals surface area contributed by atoms with Gasteiger partial charge in [-0.15, -0.1) is 0 Å². The van der Waals surface area contributed by atoms with Gasteiger partial charge < -0.3 is 10.2 Å². The maximum atomic E-state index is 12.6. The number of benzene rings is 1. The molecule has 0 unspecified atom stereocenters. The molecule has 2 aliphatic heterocycles. The van der Waals surface area contributed by atoms with Crippen molar-refractivity contribution in [2.75, 3.05) is 19.6 Å². The molecule has 0 aromatic heterocycles. The Kier molecular flexibility index (Phi) is 4.80. The number of amides is 4. The summed E-state index contributed by atoms with van der Waals surface area (Å²) in [5, 5.41) is 2.56. The first-order valence-corrected chi connectivity index (χ1v) is 8.81. The predicted molar refractivity (Wildman–Crippen MR) is 94.4 cm³/mol. The van der Waals surface area contributed by atoms with Gasteiger partial charge in [0.05, 0.1) is 0 Å². The number of ketones is 1. The van der Waals surface area contributed by atoms with Gasteiger partial charge in [-0.3, -0.25) is 19.3 Å². The highest BCUT2D eigenvalue weighted by Gasteiger charge is 2.45. The monoisotopic (exact) mass is 357 g/mol. The molecule has 0 spiro atoms. The van der Waals surface area contributed by atoms with Crippen LogP contribution in [0.5, 0.6) is 0 Å². The van der Waals surface area contributed by atoms with Gasteiger partial charge in [-0.1, -0.05) is 30.3 Å². The summed E-state index contributed by atoms with van der Waals surface area (Å²) in [5.41, 5.74) is -0.354. The number of hydrogen-bond donors (Lipinski definition) is 1. The molecule has 2 heterocycles. The number of imide groups is 1. The lowest BCUT2D eigenvalue weighted by Crippen LogP contribution is -2.48. The van der Waals surface area contributed by atoms with Crippen LogP contribution in [-0.2, 0) is 9.59 Å². The summed E-state index contributed by atoms with van der Waals surface area (Å²) >= 11 is 0. The molecule has 2 fully saturated rings. The molecule has 1 N–H and O–H groups in total. The van der Waals surface area contributed by atoms with Crippen molar-refractivity contribution in [3.63, 3.8) is 0 Å². The molecule has 0 bridgehead atoms. The van der Waals surface area contributed by atoms with Crippen LogP contribution in [0.2, 0.25) is 0 Å². The molecule has 0 radical (unpaired) electrons. The van der Waals surface area contributed by atoms with Crippen LogP contribution in [0, 0.1) is 5.92 Å². The summed E-state index contributed by atoms with van der Waals surface area (Å²) in [6, 6.07) is 8.49. The van der Waals surface area contributed by atoms with Gasteiger partial charge in [0, 0.05) is 24.6 Å². The van der Waals surface area contributed by atoms with Crippen LogP contribution in [0.3, 0.4) is 0 Å². The molecule has 7 heteroatoms. The Bertz CT molecular complexity index is 744. The van der Waals surface area contributed by atoms with Crippen LogP contribution < -0.4 is 5.32 Å². The number of carbonyl (C=O) groups is 4. The van der Waals surface area contributed by atoms with Gasteiger partial charge in [-0.2, -0.15) is 0 Å². The highest BCUT2D eigenvalue weighted by molar-refractivity contribution is 6.08. The van der Waals surface area contributed by atoms with Gasteiger partial charge in [0.2, 0.25) is 5.91 Å². The van der Waals surface area contributed by atoms with Gasteiger partial charge in [0.1, 0.15) is 12.1 Å². The third kappa shape index (κ3) is 3.47. The van der Waals surface area contributed by atoms with Crippen molar-refractivity contribution in [3.8, 4) is 0 Å². The third-order valence-electron chi connectivity index (χ3n) is 4.94. The van der Waals surface area contributed by atoms with Gasteiger partial charge >= 0.3 is 6.03 Å². The van der Waals surface area contributed by atoms with Gasteiger partial charge in [0.25, 0.3) is 5.91 Å². The Hall–Kier alpha value is -2.70. The topological polar surface area (TPSA) is 86.8 Å². The molecule has 0 aliphatic carbocycles. The normalized spacial score (nSPS) is 22.3. The SMILES string of the molecule is CC1(C)NC(=O)N(CC(=O)N2CCC[C@@H](C(=O)c3ccccc3)C2)C1=O. The second kappa shape index (κ2) is 6.90. The van der Waals surface area contributed by atoms with Gasteiger partial charge in [-0.05, 0) is 26.7 Å². The first-order chi connectivity index (χ1) is 12.3. The third-order valence-corrected chi connectivity index (χ3v) is 4.94. The summed E-state index contributed by atoms with van der Waals surface area (Å²) in [4.78, 5) is 51.9. The first kappa shape index (κ1) is 18.1. The minimum absolute atomic E-state index is 0.0271. The molecule has 7 nitrogen and oxygen atoms in total. The number of Topliss-reactive ketones (excluding diaryl/α,β-unsaturated/α-hetero) is 1. The largest absolute Gasteiger partial charge is 0.340 e. The maximum Gasteiger partial charge on any atom is 0.325 e. The number of nitrogens with zero attached hydrogens (tertiary/aromatic N) is 2. The lowest BCUT2D eigenvalue weighted by molar-refractivity contribution is -0.139. The zero-order valence-corrected chi connectivity index (χ0v) is 15.0. The molecule has 3 rings (SSSR count). The summed E-state index contributed by atoms with van der Waals surface area (Å²) in [6.07, 6.45) is 1.45. The molecule has 0 saturated carbocycles. The molecular formula is C19H23N3O4. The van der Waals surface area contributed by atoms with Crippen molar-refractivity contribution >= 4 is 23.6 Å². The van der Waals surface area contributed by atoms with Crippen molar-refractivity contribution in [1.82, 2.24) is 15.1 Å². The number of rotatable bonds is 4. The van der Waals surface area contributed by atoms with Crippen LogP contribution in [-0.4, -0.2) is 58.6 Å². The van der Waals surface area contributed by atoms with Crippen molar-refractivity contribution in [1.29, 1.82) is 0 Å². The van der Waals surface area contributed by atoms with E-state index < -0.39 is 17.5 Å². The number of carbonyl (C=O) groups excluding carboxylic acids is 4. The lowest BCUT2D eigenvalue weighted by Gasteiger charge is -2.32. The van der Waals surface area contributed by atoms with Gasteiger partial charge in [0.15, 0.2) is 5.78 Å². The van der Waals surface area contributed by atoms with E-state index in [1.54, 1.807) is 30.9 Å². The van der Waals surface area contributed by atoms with E-state index in [2.05, 4.69) is 5.32 Å². The maximum absolute atomic E-state index is 12.6. The fourth-order valence-electron chi connectivity index (χ4n) is 3.45.